The summed E-state index contributed by atoms with van der Waals surface area (Å²) in [5.74, 6) is -1.00. The molecule has 0 aromatic heterocycles. The number of carbonyl (C=O) groups is 2. The standard InChI is InChI=1S/C19H35NO4/c1-4-5-6-7-8-9-10-11-12-16-23-18(21)13-14-19(22)24-17-15-20(2)3/h13-14H,4-12,15-17H2,1-3H3/b14-13+. The van der Waals surface area contributed by atoms with Crippen LogP contribution in [0.5, 0.6) is 0 Å². The van der Waals surface area contributed by atoms with E-state index in [-0.39, 0.29) is 0 Å². The van der Waals surface area contributed by atoms with E-state index in [2.05, 4.69) is 6.92 Å². The quantitative estimate of drug-likeness (QED) is 0.258. The maximum Gasteiger partial charge on any atom is 0.331 e. The molecule has 24 heavy (non-hydrogen) atoms. The van der Waals surface area contributed by atoms with Gasteiger partial charge in [-0.05, 0) is 20.5 Å². The Morgan fingerprint density at radius 1 is 0.750 bits per heavy atom. The average molecular weight is 341 g/mol. The molecule has 0 N–H and O–H groups in total. The molecule has 0 aliphatic rings. The molecule has 0 unspecified atom stereocenters. The van der Waals surface area contributed by atoms with Gasteiger partial charge in [-0.25, -0.2) is 9.59 Å². The molecule has 0 bridgehead atoms. The Labute approximate surface area is 147 Å². The van der Waals surface area contributed by atoms with Crippen LogP contribution in [0.4, 0.5) is 0 Å². The van der Waals surface area contributed by atoms with Crippen molar-refractivity contribution < 1.29 is 19.1 Å². The van der Waals surface area contributed by atoms with Gasteiger partial charge in [0.1, 0.15) is 6.61 Å². The smallest absolute Gasteiger partial charge is 0.331 e. The molecular weight excluding hydrogens is 306 g/mol. The topological polar surface area (TPSA) is 55.8 Å². The normalized spacial score (nSPS) is 11.2. The van der Waals surface area contributed by atoms with E-state index >= 15 is 0 Å². The molecule has 0 radical (unpaired) electrons. The van der Waals surface area contributed by atoms with Gasteiger partial charge < -0.3 is 14.4 Å². The summed E-state index contributed by atoms with van der Waals surface area (Å²) in [5, 5.41) is 0. The van der Waals surface area contributed by atoms with Crippen LogP contribution in [0.15, 0.2) is 12.2 Å². The van der Waals surface area contributed by atoms with Crippen LogP contribution in [0.2, 0.25) is 0 Å². The molecule has 5 heteroatoms. The SMILES string of the molecule is CCCCCCCCCCCOC(=O)/C=C/C(=O)OCCN(C)C. The van der Waals surface area contributed by atoms with Gasteiger partial charge in [-0.15, -0.1) is 0 Å². The predicted octanol–water partition coefficient (Wildman–Crippen LogP) is 3.72. The zero-order valence-electron chi connectivity index (χ0n) is 15.7. The van der Waals surface area contributed by atoms with E-state index in [0.717, 1.165) is 25.0 Å². The van der Waals surface area contributed by atoms with Crippen LogP contribution < -0.4 is 0 Å². The number of carbonyl (C=O) groups excluding carboxylic acids is 2. The first-order valence-electron chi connectivity index (χ1n) is 9.22. The Hall–Kier alpha value is -1.36. The maximum atomic E-state index is 11.4. The third kappa shape index (κ3) is 17.0. The molecule has 0 fully saturated rings. The lowest BCUT2D eigenvalue weighted by atomic mass is 10.1. The van der Waals surface area contributed by atoms with E-state index < -0.39 is 11.9 Å². The van der Waals surface area contributed by atoms with E-state index in [9.17, 15) is 9.59 Å². The molecule has 0 rings (SSSR count). The molecule has 0 spiro atoms. The van der Waals surface area contributed by atoms with Gasteiger partial charge in [0, 0.05) is 18.7 Å². The zero-order chi connectivity index (χ0) is 18.0. The van der Waals surface area contributed by atoms with Gasteiger partial charge >= 0.3 is 11.9 Å². The number of hydrogen-bond acceptors (Lipinski definition) is 5. The number of esters is 2. The number of nitrogens with zero attached hydrogens (tertiary/aromatic N) is 1. The van der Waals surface area contributed by atoms with Crippen LogP contribution in [-0.4, -0.2) is 50.7 Å². The van der Waals surface area contributed by atoms with Gasteiger partial charge in [0.25, 0.3) is 0 Å². The van der Waals surface area contributed by atoms with Crippen LogP contribution in [0.1, 0.15) is 64.7 Å². The number of ether oxygens (including phenoxy) is 2. The average Bonchev–Trinajstić information content (AvgIpc) is 2.54. The fourth-order valence-corrected chi connectivity index (χ4v) is 2.15. The van der Waals surface area contributed by atoms with Crippen LogP contribution in [-0.2, 0) is 19.1 Å². The van der Waals surface area contributed by atoms with Crippen LogP contribution in [0, 0.1) is 0 Å². The van der Waals surface area contributed by atoms with E-state index in [1.165, 1.54) is 44.9 Å². The van der Waals surface area contributed by atoms with Crippen molar-refractivity contribution in [3.63, 3.8) is 0 Å². The largest absolute Gasteiger partial charge is 0.463 e. The Morgan fingerprint density at radius 2 is 1.21 bits per heavy atom. The number of rotatable bonds is 15. The Kier molecular flexibility index (Phi) is 15.6. The molecule has 0 aliphatic heterocycles. The van der Waals surface area contributed by atoms with Crippen molar-refractivity contribution >= 4 is 11.9 Å². The molecule has 0 saturated heterocycles. The Morgan fingerprint density at radius 3 is 1.71 bits per heavy atom. The molecule has 0 aromatic carbocycles. The fourth-order valence-electron chi connectivity index (χ4n) is 2.15. The Balaban J connectivity index is 3.45. The molecule has 0 aromatic rings. The lowest BCUT2D eigenvalue weighted by molar-refractivity contribution is -0.140. The first-order valence-corrected chi connectivity index (χ1v) is 9.22. The van der Waals surface area contributed by atoms with Crippen molar-refractivity contribution in [2.75, 3.05) is 33.9 Å². The van der Waals surface area contributed by atoms with Crippen molar-refractivity contribution in [2.45, 2.75) is 64.7 Å². The summed E-state index contributed by atoms with van der Waals surface area (Å²) in [7, 11) is 3.79. The van der Waals surface area contributed by atoms with E-state index in [1.54, 1.807) is 0 Å². The molecule has 140 valence electrons. The molecule has 0 atom stereocenters. The minimum atomic E-state index is -0.517. The summed E-state index contributed by atoms with van der Waals surface area (Å²) in [4.78, 5) is 24.7. The number of hydrogen-bond donors (Lipinski definition) is 0. The summed E-state index contributed by atoms with van der Waals surface area (Å²) < 4.78 is 9.99. The van der Waals surface area contributed by atoms with Crippen molar-refractivity contribution in [3.05, 3.63) is 12.2 Å². The number of likely N-dealkylation sites (N-methyl/N-ethyl adjacent to an activating group) is 1. The minimum Gasteiger partial charge on any atom is -0.463 e. The van der Waals surface area contributed by atoms with Crippen LogP contribution in [0.25, 0.3) is 0 Å². The van der Waals surface area contributed by atoms with Gasteiger partial charge in [-0.1, -0.05) is 58.3 Å². The minimum absolute atomic E-state index is 0.309. The number of unbranched alkanes of at least 4 members (excludes halogenated alkanes) is 8. The van der Waals surface area contributed by atoms with Crippen LogP contribution >= 0.6 is 0 Å². The maximum absolute atomic E-state index is 11.4. The lowest BCUT2D eigenvalue weighted by Gasteiger charge is -2.08. The summed E-state index contributed by atoms with van der Waals surface area (Å²) in [5.41, 5.74) is 0. The van der Waals surface area contributed by atoms with Gasteiger partial charge in [0.2, 0.25) is 0 Å². The van der Waals surface area contributed by atoms with Crippen molar-refractivity contribution in [1.29, 1.82) is 0 Å². The highest BCUT2D eigenvalue weighted by atomic mass is 16.5. The molecule has 0 saturated carbocycles. The zero-order valence-corrected chi connectivity index (χ0v) is 15.7. The van der Waals surface area contributed by atoms with E-state index in [0.29, 0.717) is 19.8 Å². The third-order valence-corrected chi connectivity index (χ3v) is 3.63. The van der Waals surface area contributed by atoms with Crippen molar-refractivity contribution in [2.24, 2.45) is 0 Å². The van der Waals surface area contributed by atoms with Gasteiger partial charge in [-0.2, -0.15) is 0 Å². The van der Waals surface area contributed by atoms with Crippen LogP contribution in [0.3, 0.4) is 0 Å². The molecule has 0 aliphatic carbocycles. The van der Waals surface area contributed by atoms with Gasteiger partial charge in [0.15, 0.2) is 0 Å². The monoisotopic (exact) mass is 341 g/mol. The molecule has 5 nitrogen and oxygen atoms in total. The summed E-state index contributed by atoms with van der Waals surface area (Å²) in [6.45, 7) is 3.60. The predicted molar refractivity (Wildman–Crippen MR) is 96.8 cm³/mol. The highest BCUT2D eigenvalue weighted by molar-refractivity contribution is 5.91. The van der Waals surface area contributed by atoms with E-state index in [4.69, 9.17) is 9.47 Å². The van der Waals surface area contributed by atoms with E-state index in [1.807, 2.05) is 19.0 Å². The highest BCUT2D eigenvalue weighted by Gasteiger charge is 2.01. The molecule has 0 heterocycles. The second-order valence-electron chi connectivity index (χ2n) is 6.30. The first-order chi connectivity index (χ1) is 11.6. The second-order valence-corrected chi connectivity index (χ2v) is 6.30. The molecule has 0 amide bonds. The summed E-state index contributed by atoms with van der Waals surface area (Å²) in [6, 6.07) is 0. The third-order valence-electron chi connectivity index (χ3n) is 3.63. The first kappa shape index (κ1) is 22.6. The second kappa shape index (κ2) is 16.5. The summed E-state index contributed by atoms with van der Waals surface area (Å²) in [6.07, 6.45) is 13.3. The van der Waals surface area contributed by atoms with Crippen molar-refractivity contribution in [1.82, 2.24) is 4.90 Å². The van der Waals surface area contributed by atoms with Gasteiger partial charge in [-0.3, -0.25) is 0 Å². The fraction of sp³-hybridized carbons (Fsp3) is 0.789. The Bertz CT molecular complexity index is 353. The summed E-state index contributed by atoms with van der Waals surface area (Å²) >= 11 is 0. The van der Waals surface area contributed by atoms with Crippen molar-refractivity contribution in [3.8, 4) is 0 Å². The molecular formula is C19H35NO4. The lowest BCUT2D eigenvalue weighted by Crippen LogP contribution is -2.19. The highest BCUT2D eigenvalue weighted by Crippen LogP contribution is 2.09. The van der Waals surface area contributed by atoms with Gasteiger partial charge in [0.05, 0.1) is 6.61 Å².